The van der Waals surface area contributed by atoms with Gasteiger partial charge in [-0.15, -0.1) is 0 Å². The zero-order valence-corrected chi connectivity index (χ0v) is 3.51. The molecule has 0 heterocycles. The van der Waals surface area contributed by atoms with Crippen LogP contribution in [0.4, 0.5) is 0 Å². The van der Waals surface area contributed by atoms with Gasteiger partial charge in [-0.05, 0) is 6.92 Å². The molecule has 0 unspecified atom stereocenters. The van der Waals surface area contributed by atoms with Crippen LogP contribution in [0.2, 0.25) is 0 Å². The summed E-state index contributed by atoms with van der Waals surface area (Å²) in [6.07, 6.45) is 0.611. The van der Waals surface area contributed by atoms with Crippen LogP contribution in [0.1, 0.15) is 6.92 Å². The molecule has 0 fully saturated rings. The summed E-state index contributed by atoms with van der Waals surface area (Å²) in [7, 11) is 0. The number of carbonyl (C=O) groups excluding carboxylic acids is 1. The van der Waals surface area contributed by atoms with E-state index in [4.69, 9.17) is 5.26 Å². The van der Waals surface area contributed by atoms with E-state index in [0.29, 0.717) is 6.29 Å². The van der Waals surface area contributed by atoms with Gasteiger partial charge >= 0.3 is 0 Å². The SMILES string of the molecule is C[C@@H](C#N)C=O. The Bertz CT molecular complexity index is 82.0. The topological polar surface area (TPSA) is 40.9 Å². The highest BCUT2D eigenvalue weighted by Gasteiger charge is 1.88. The molecular weight excluding hydrogens is 78.0 g/mol. The largest absolute Gasteiger partial charge is 0.302 e. The van der Waals surface area contributed by atoms with E-state index in [9.17, 15) is 4.79 Å². The summed E-state index contributed by atoms with van der Waals surface area (Å²) in [6.45, 7) is 1.55. The number of nitriles is 1. The van der Waals surface area contributed by atoms with Crippen molar-refractivity contribution in [1.29, 1.82) is 5.26 Å². The van der Waals surface area contributed by atoms with Crippen LogP contribution < -0.4 is 0 Å². The number of carbonyl (C=O) groups is 1. The molecule has 6 heavy (non-hydrogen) atoms. The third-order valence-corrected chi connectivity index (χ3v) is 0.408. The van der Waals surface area contributed by atoms with Crippen molar-refractivity contribution >= 4 is 6.29 Å². The van der Waals surface area contributed by atoms with Gasteiger partial charge in [0.05, 0.1) is 12.0 Å². The first-order chi connectivity index (χ1) is 2.81. The minimum Gasteiger partial charge on any atom is -0.302 e. The van der Waals surface area contributed by atoms with Gasteiger partial charge in [-0.2, -0.15) is 5.26 Å². The fraction of sp³-hybridized carbons (Fsp3) is 0.500. The molecule has 0 saturated heterocycles. The Kier molecular flexibility index (Phi) is 2.06. The molecule has 2 nitrogen and oxygen atoms in total. The van der Waals surface area contributed by atoms with Crippen molar-refractivity contribution in [3.8, 4) is 6.07 Å². The summed E-state index contributed by atoms with van der Waals surface area (Å²) in [5, 5.41) is 7.85. The summed E-state index contributed by atoms with van der Waals surface area (Å²) in [4.78, 5) is 9.51. The van der Waals surface area contributed by atoms with Crippen molar-refractivity contribution in [1.82, 2.24) is 0 Å². The zero-order chi connectivity index (χ0) is 4.99. The summed E-state index contributed by atoms with van der Waals surface area (Å²) in [6, 6.07) is 1.75. The molecule has 0 aromatic rings. The lowest BCUT2D eigenvalue weighted by Crippen LogP contribution is -1.86. The lowest BCUT2D eigenvalue weighted by molar-refractivity contribution is -0.109. The van der Waals surface area contributed by atoms with Crippen molar-refractivity contribution in [3.63, 3.8) is 0 Å². The standard InChI is InChI=1S/C4H5NO/c1-4(2-5)3-6/h3-4H,1H3/t4-/m0/s1. The average molecular weight is 83.1 g/mol. The maximum absolute atomic E-state index is 9.51. The van der Waals surface area contributed by atoms with Gasteiger partial charge in [0, 0.05) is 0 Å². The molecular formula is C4H5NO. The lowest BCUT2D eigenvalue weighted by atomic mass is 10.2. The van der Waals surface area contributed by atoms with Crippen LogP contribution in [-0.2, 0) is 4.79 Å². The first kappa shape index (κ1) is 5.16. The van der Waals surface area contributed by atoms with Gasteiger partial charge in [0.25, 0.3) is 0 Å². The minimum atomic E-state index is -0.440. The second-order valence-electron chi connectivity index (χ2n) is 1.05. The van der Waals surface area contributed by atoms with E-state index < -0.39 is 5.92 Å². The van der Waals surface area contributed by atoms with Crippen LogP contribution in [0.5, 0.6) is 0 Å². The fourth-order valence-corrected chi connectivity index (χ4v) is 0.0304. The van der Waals surface area contributed by atoms with Crippen molar-refractivity contribution in [2.24, 2.45) is 5.92 Å². The highest BCUT2D eigenvalue weighted by atomic mass is 16.1. The Morgan fingerprint density at radius 2 is 2.50 bits per heavy atom. The van der Waals surface area contributed by atoms with E-state index in [1.165, 1.54) is 0 Å². The first-order valence-electron chi connectivity index (χ1n) is 1.66. The Hall–Kier alpha value is -0.840. The van der Waals surface area contributed by atoms with Gasteiger partial charge in [-0.25, -0.2) is 0 Å². The third kappa shape index (κ3) is 1.48. The van der Waals surface area contributed by atoms with E-state index in [1.807, 2.05) is 0 Å². The van der Waals surface area contributed by atoms with Crippen LogP contribution >= 0.6 is 0 Å². The lowest BCUT2D eigenvalue weighted by Gasteiger charge is -1.75. The molecule has 0 aliphatic carbocycles. The molecule has 2 heteroatoms. The molecule has 0 aliphatic rings. The van der Waals surface area contributed by atoms with E-state index >= 15 is 0 Å². The van der Waals surface area contributed by atoms with Gasteiger partial charge in [-0.3, -0.25) is 0 Å². The molecule has 0 saturated carbocycles. The van der Waals surface area contributed by atoms with Crippen LogP contribution in [0.3, 0.4) is 0 Å². The van der Waals surface area contributed by atoms with E-state index in [2.05, 4.69) is 0 Å². The molecule has 0 aromatic heterocycles. The smallest absolute Gasteiger partial charge is 0.136 e. The second-order valence-corrected chi connectivity index (χ2v) is 1.05. The van der Waals surface area contributed by atoms with Gasteiger partial charge in [-0.1, -0.05) is 0 Å². The van der Waals surface area contributed by atoms with Gasteiger partial charge in [0.15, 0.2) is 0 Å². The number of rotatable bonds is 1. The van der Waals surface area contributed by atoms with Gasteiger partial charge in [0.1, 0.15) is 6.29 Å². The van der Waals surface area contributed by atoms with Crippen molar-refractivity contribution in [2.45, 2.75) is 6.92 Å². The molecule has 0 radical (unpaired) electrons. The van der Waals surface area contributed by atoms with Crippen LogP contribution in [0.15, 0.2) is 0 Å². The molecule has 0 amide bonds. The predicted molar refractivity (Wildman–Crippen MR) is 20.8 cm³/mol. The Labute approximate surface area is 36.4 Å². The quantitative estimate of drug-likeness (QED) is 0.429. The zero-order valence-electron chi connectivity index (χ0n) is 3.51. The minimum absolute atomic E-state index is 0.440. The third-order valence-electron chi connectivity index (χ3n) is 0.408. The van der Waals surface area contributed by atoms with Crippen LogP contribution in [-0.4, -0.2) is 6.29 Å². The molecule has 0 aliphatic heterocycles. The van der Waals surface area contributed by atoms with Crippen LogP contribution in [0.25, 0.3) is 0 Å². The van der Waals surface area contributed by atoms with Gasteiger partial charge < -0.3 is 4.79 Å². The van der Waals surface area contributed by atoms with Crippen LogP contribution in [0, 0.1) is 17.2 Å². The second kappa shape index (κ2) is 2.40. The predicted octanol–water partition coefficient (Wildman–Crippen LogP) is 0.345. The summed E-state index contributed by atoms with van der Waals surface area (Å²) >= 11 is 0. The number of nitrogens with zero attached hydrogens (tertiary/aromatic N) is 1. The Morgan fingerprint density at radius 3 is 2.50 bits per heavy atom. The Morgan fingerprint density at radius 1 is 2.00 bits per heavy atom. The molecule has 1 atom stereocenters. The molecule has 0 bridgehead atoms. The van der Waals surface area contributed by atoms with Crippen molar-refractivity contribution in [3.05, 3.63) is 0 Å². The number of hydrogen-bond donors (Lipinski definition) is 0. The first-order valence-corrected chi connectivity index (χ1v) is 1.66. The van der Waals surface area contributed by atoms with Crippen molar-refractivity contribution in [2.75, 3.05) is 0 Å². The molecule has 0 rings (SSSR count). The highest BCUT2D eigenvalue weighted by molar-refractivity contribution is 5.56. The molecule has 0 N–H and O–H groups in total. The maximum Gasteiger partial charge on any atom is 0.136 e. The molecule has 0 aromatic carbocycles. The highest BCUT2D eigenvalue weighted by Crippen LogP contribution is 1.79. The summed E-state index contributed by atoms with van der Waals surface area (Å²) < 4.78 is 0. The van der Waals surface area contributed by atoms with Gasteiger partial charge in [0.2, 0.25) is 0 Å². The summed E-state index contributed by atoms with van der Waals surface area (Å²) in [5.41, 5.74) is 0. The molecule has 0 spiro atoms. The Balaban J connectivity index is 3.30. The number of hydrogen-bond acceptors (Lipinski definition) is 2. The number of aldehydes is 1. The molecule has 32 valence electrons. The van der Waals surface area contributed by atoms with E-state index in [-0.39, 0.29) is 0 Å². The van der Waals surface area contributed by atoms with E-state index in [1.54, 1.807) is 13.0 Å². The maximum atomic E-state index is 9.51. The average Bonchev–Trinajstić information content (AvgIpc) is 1.65. The van der Waals surface area contributed by atoms with Crippen molar-refractivity contribution < 1.29 is 4.79 Å². The fourth-order valence-electron chi connectivity index (χ4n) is 0.0304. The monoisotopic (exact) mass is 83.0 g/mol. The van der Waals surface area contributed by atoms with E-state index in [0.717, 1.165) is 0 Å². The normalized spacial score (nSPS) is 12.0. The summed E-state index contributed by atoms with van der Waals surface area (Å²) in [5.74, 6) is -0.440.